The standard InChI is InChI=1S/C17H18Cl3N/c1-3-9-21-11(2)13-8-7-12(10-16(13)19)14-5-4-6-15(18)17(14)20/h4-8,10-11,21H,3,9H2,1-2H3. The molecule has 0 heterocycles. The Morgan fingerprint density at radius 3 is 2.48 bits per heavy atom. The summed E-state index contributed by atoms with van der Waals surface area (Å²) >= 11 is 18.8. The van der Waals surface area contributed by atoms with Crippen LogP contribution in [0.3, 0.4) is 0 Å². The topological polar surface area (TPSA) is 12.0 Å². The quantitative estimate of drug-likeness (QED) is 0.665. The average molecular weight is 343 g/mol. The molecule has 0 radical (unpaired) electrons. The summed E-state index contributed by atoms with van der Waals surface area (Å²) in [5, 5.41) is 5.28. The first kappa shape index (κ1) is 16.6. The minimum Gasteiger partial charge on any atom is -0.310 e. The molecule has 0 aliphatic heterocycles. The van der Waals surface area contributed by atoms with Gasteiger partial charge < -0.3 is 5.32 Å². The Morgan fingerprint density at radius 2 is 1.81 bits per heavy atom. The van der Waals surface area contributed by atoms with E-state index in [9.17, 15) is 0 Å². The van der Waals surface area contributed by atoms with E-state index in [1.165, 1.54) is 0 Å². The van der Waals surface area contributed by atoms with E-state index in [0.29, 0.717) is 10.0 Å². The zero-order valence-electron chi connectivity index (χ0n) is 12.1. The van der Waals surface area contributed by atoms with Crippen molar-refractivity contribution in [2.24, 2.45) is 0 Å². The molecule has 21 heavy (non-hydrogen) atoms. The molecular formula is C17H18Cl3N. The van der Waals surface area contributed by atoms with Crippen molar-refractivity contribution in [2.75, 3.05) is 6.54 Å². The van der Waals surface area contributed by atoms with E-state index < -0.39 is 0 Å². The van der Waals surface area contributed by atoms with E-state index in [1.807, 2.05) is 30.3 Å². The molecule has 0 aliphatic rings. The Labute approximate surface area is 141 Å². The van der Waals surface area contributed by atoms with Crippen LogP contribution in [0.4, 0.5) is 0 Å². The van der Waals surface area contributed by atoms with E-state index in [1.54, 1.807) is 6.07 Å². The van der Waals surface area contributed by atoms with Crippen molar-refractivity contribution in [3.8, 4) is 11.1 Å². The lowest BCUT2D eigenvalue weighted by Crippen LogP contribution is -2.19. The maximum atomic E-state index is 6.43. The molecule has 112 valence electrons. The maximum absolute atomic E-state index is 6.43. The Kier molecular flexibility index (Phi) is 5.95. The molecule has 0 spiro atoms. The molecule has 0 fully saturated rings. The fourth-order valence-corrected chi connectivity index (χ4v) is 3.00. The molecule has 1 N–H and O–H groups in total. The van der Waals surface area contributed by atoms with Crippen molar-refractivity contribution < 1.29 is 0 Å². The molecule has 0 aromatic heterocycles. The summed E-state index contributed by atoms with van der Waals surface area (Å²) in [5.74, 6) is 0. The van der Waals surface area contributed by atoms with Crippen molar-refractivity contribution in [2.45, 2.75) is 26.3 Å². The first-order chi connectivity index (χ1) is 10.0. The van der Waals surface area contributed by atoms with Gasteiger partial charge in [0.05, 0.1) is 10.0 Å². The largest absolute Gasteiger partial charge is 0.310 e. The minimum atomic E-state index is 0.223. The SMILES string of the molecule is CCCNC(C)c1ccc(-c2cccc(Cl)c2Cl)cc1Cl. The predicted octanol–water partition coefficient (Wildman–Crippen LogP) is 6.37. The highest BCUT2D eigenvalue weighted by molar-refractivity contribution is 6.43. The second-order valence-corrected chi connectivity index (χ2v) is 6.21. The molecule has 0 bridgehead atoms. The minimum absolute atomic E-state index is 0.223. The molecule has 1 unspecified atom stereocenters. The number of hydrogen-bond donors (Lipinski definition) is 1. The lowest BCUT2D eigenvalue weighted by atomic mass is 10.0. The normalized spacial score (nSPS) is 12.4. The van der Waals surface area contributed by atoms with Crippen LogP contribution in [0.25, 0.3) is 11.1 Å². The Bertz CT molecular complexity index is 625. The first-order valence-electron chi connectivity index (χ1n) is 7.01. The third kappa shape index (κ3) is 3.92. The summed E-state index contributed by atoms with van der Waals surface area (Å²) in [7, 11) is 0. The Balaban J connectivity index is 2.33. The highest BCUT2D eigenvalue weighted by Crippen LogP contribution is 2.36. The predicted molar refractivity (Wildman–Crippen MR) is 93.6 cm³/mol. The lowest BCUT2D eigenvalue weighted by molar-refractivity contribution is 0.571. The third-order valence-electron chi connectivity index (χ3n) is 3.43. The summed E-state index contributed by atoms with van der Waals surface area (Å²) in [6, 6.07) is 11.8. The van der Waals surface area contributed by atoms with E-state index in [-0.39, 0.29) is 6.04 Å². The summed E-state index contributed by atoms with van der Waals surface area (Å²) < 4.78 is 0. The van der Waals surface area contributed by atoms with Crippen LogP contribution >= 0.6 is 34.8 Å². The van der Waals surface area contributed by atoms with Gasteiger partial charge in [0.1, 0.15) is 0 Å². The van der Waals surface area contributed by atoms with Crippen LogP contribution in [-0.2, 0) is 0 Å². The molecule has 0 saturated carbocycles. The second kappa shape index (κ2) is 7.51. The van der Waals surface area contributed by atoms with Crippen molar-refractivity contribution in [1.29, 1.82) is 0 Å². The maximum Gasteiger partial charge on any atom is 0.0670 e. The smallest absolute Gasteiger partial charge is 0.0670 e. The third-order valence-corrected chi connectivity index (χ3v) is 4.58. The van der Waals surface area contributed by atoms with Crippen LogP contribution in [0.1, 0.15) is 31.9 Å². The van der Waals surface area contributed by atoms with Crippen molar-refractivity contribution in [3.63, 3.8) is 0 Å². The van der Waals surface area contributed by atoms with Gasteiger partial charge in [-0.1, -0.05) is 66.0 Å². The second-order valence-electron chi connectivity index (χ2n) is 5.01. The molecule has 1 atom stereocenters. The molecule has 4 heteroatoms. The highest BCUT2D eigenvalue weighted by Gasteiger charge is 2.12. The first-order valence-corrected chi connectivity index (χ1v) is 8.15. The fraction of sp³-hybridized carbons (Fsp3) is 0.294. The van der Waals surface area contributed by atoms with E-state index in [4.69, 9.17) is 34.8 Å². The Morgan fingerprint density at radius 1 is 1.05 bits per heavy atom. The van der Waals surface area contributed by atoms with Crippen LogP contribution in [0.5, 0.6) is 0 Å². The number of hydrogen-bond acceptors (Lipinski definition) is 1. The highest BCUT2D eigenvalue weighted by atomic mass is 35.5. The lowest BCUT2D eigenvalue weighted by Gasteiger charge is -2.16. The molecule has 0 saturated heterocycles. The van der Waals surface area contributed by atoms with Gasteiger partial charge in [0.25, 0.3) is 0 Å². The molecule has 1 nitrogen and oxygen atoms in total. The average Bonchev–Trinajstić information content (AvgIpc) is 2.47. The summed E-state index contributed by atoms with van der Waals surface area (Å²) in [5.41, 5.74) is 2.96. The summed E-state index contributed by atoms with van der Waals surface area (Å²) in [6.45, 7) is 5.23. The van der Waals surface area contributed by atoms with Gasteiger partial charge in [0, 0.05) is 16.6 Å². The van der Waals surface area contributed by atoms with Gasteiger partial charge in [-0.2, -0.15) is 0 Å². The van der Waals surface area contributed by atoms with Crippen LogP contribution in [-0.4, -0.2) is 6.54 Å². The molecule has 2 aromatic rings. The van der Waals surface area contributed by atoms with Crippen molar-refractivity contribution >= 4 is 34.8 Å². The zero-order valence-corrected chi connectivity index (χ0v) is 14.4. The molecule has 0 amide bonds. The van der Waals surface area contributed by atoms with Gasteiger partial charge in [0.15, 0.2) is 0 Å². The summed E-state index contributed by atoms with van der Waals surface area (Å²) in [4.78, 5) is 0. The van der Waals surface area contributed by atoms with Gasteiger partial charge in [-0.05, 0) is 43.1 Å². The van der Waals surface area contributed by atoms with Crippen LogP contribution in [0.15, 0.2) is 36.4 Å². The van der Waals surface area contributed by atoms with Gasteiger partial charge >= 0.3 is 0 Å². The summed E-state index contributed by atoms with van der Waals surface area (Å²) in [6.07, 6.45) is 1.10. The van der Waals surface area contributed by atoms with E-state index >= 15 is 0 Å². The van der Waals surface area contributed by atoms with E-state index in [2.05, 4.69) is 19.2 Å². The van der Waals surface area contributed by atoms with Crippen LogP contribution < -0.4 is 5.32 Å². The zero-order chi connectivity index (χ0) is 15.4. The van der Waals surface area contributed by atoms with Gasteiger partial charge in [0.2, 0.25) is 0 Å². The molecule has 2 aromatic carbocycles. The monoisotopic (exact) mass is 341 g/mol. The Hall–Kier alpha value is -0.730. The van der Waals surface area contributed by atoms with Gasteiger partial charge in [-0.25, -0.2) is 0 Å². The van der Waals surface area contributed by atoms with Crippen molar-refractivity contribution in [3.05, 3.63) is 57.0 Å². The molecule has 2 rings (SSSR count). The van der Waals surface area contributed by atoms with E-state index in [0.717, 1.165) is 34.7 Å². The van der Waals surface area contributed by atoms with Crippen LogP contribution in [0, 0.1) is 0 Å². The number of nitrogens with one attached hydrogen (secondary N) is 1. The number of benzene rings is 2. The molecular weight excluding hydrogens is 325 g/mol. The van der Waals surface area contributed by atoms with Crippen LogP contribution in [0.2, 0.25) is 15.1 Å². The van der Waals surface area contributed by atoms with Gasteiger partial charge in [-0.15, -0.1) is 0 Å². The fourth-order valence-electron chi connectivity index (χ4n) is 2.24. The van der Waals surface area contributed by atoms with Gasteiger partial charge in [-0.3, -0.25) is 0 Å². The number of halogens is 3. The van der Waals surface area contributed by atoms with Crippen molar-refractivity contribution in [1.82, 2.24) is 5.32 Å². The molecule has 0 aliphatic carbocycles. The number of rotatable bonds is 5.